The van der Waals surface area contributed by atoms with Crippen molar-refractivity contribution in [3.05, 3.63) is 29.8 Å². The molecule has 0 unspecified atom stereocenters. The molecule has 0 aliphatic heterocycles. The Bertz CT molecular complexity index is 513. The summed E-state index contributed by atoms with van der Waals surface area (Å²) in [6, 6.07) is 6.55. The zero-order valence-electron chi connectivity index (χ0n) is 12.4. The van der Waals surface area contributed by atoms with Gasteiger partial charge in [-0.1, -0.05) is 13.3 Å². The quantitative estimate of drug-likeness (QED) is 0.596. The van der Waals surface area contributed by atoms with Gasteiger partial charge in [0.25, 0.3) is 5.91 Å². The van der Waals surface area contributed by atoms with Crippen molar-refractivity contribution in [1.29, 1.82) is 0 Å². The Morgan fingerprint density at radius 3 is 2.36 bits per heavy atom. The second-order valence-corrected chi connectivity index (χ2v) is 4.56. The molecule has 22 heavy (non-hydrogen) atoms. The molecule has 2 N–H and O–H groups in total. The highest BCUT2D eigenvalue weighted by atomic mass is 16.5. The van der Waals surface area contributed by atoms with Gasteiger partial charge in [-0.3, -0.25) is 9.59 Å². The fourth-order valence-corrected chi connectivity index (χ4v) is 1.53. The smallest absolute Gasteiger partial charge is 0.251 e. The number of carbonyl (C=O) groups is 3. The average molecular weight is 307 g/mol. The summed E-state index contributed by atoms with van der Waals surface area (Å²) in [7, 11) is 0. The lowest BCUT2D eigenvalue weighted by atomic mass is 10.2. The normalized spacial score (nSPS) is 9.86. The molecule has 0 spiro atoms. The van der Waals surface area contributed by atoms with Crippen molar-refractivity contribution >= 4 is 17.8 Å². The third-order valence-corrected chi connectivity index (χ3v) is 2.72. The topological polar surface area (TPSA) is 108 Å². The van der Waals surface area contributed by atoms with Crippen molar-refractivity contribution < 1.29 is 24.2 Å². The SMILES string of the molecule is CCCCOc1ccc(C(=O)NCC(=O)NCC(=O)[O-])cc1. The van der Waals surface area contributed by atoms with Crippen LogP contribution < -0.4 is 20.5 Å². The second kappa shape index (κ2) is 9.38. The molecular weight excluding hydrogens is 288 g/mol. The van der Waals surface area contributed by atoms with Crippen molar-refractivity contribution in [2.45, 2.75) is 19.8 Å². The van der Waals surface area contributed by atoms with E-state index in [0.717, 1.165) is 12.8 Å². The van der Waals surface area contributed by atoms with E-state index in [1.165, 1.54) is 0 Å². The molecule has 0 aromatic heterocycles. The predicted octanol–water partition coefficient (Wildman–Crippen LogP) is -0.539. The molecule has 7 heteroatoms. The summed E-state index contributed by atoms with van der Waals surface area (Å²) in [4.78, 5) is 33.2. The van der Waals surface area contributed by atoms with Crippen LogP contribution in [0.15, 0.2) is 24.3 Å². The van der Waals surface area contributed by atoms with Crippen LogP contribution in [0.2, 0.25) is 0 Å². The summed E-state index contributed by atoms with van der Waals surface area (Å²) in [6.45, 7) is 1.81. The molecule has 1 aromatic rings. The van der Waals surface area contributed by atoms with Crippen LogP contribution in [0.3, 0.4) is 0 Å². The first-order valence-corrected chi connectivity index (χ1v) is 7.00. The summed E-state index contributed by atoms with van der Waals surface area (Å²) in [5.41, 5.74) is 0.385. The molecule has 7 nitrogen and oxygen atoms in total. The number of unbranched alkanes of at least 4 members (excludes halogenated alkanes) is 1. The molecule has 0 radical (unpaired) electrons. The Labute approximate surface area is 128 Å². The van der Waals surface area contributed by atoms with Crippen LogP contribution >= 0.6 is 0 Å². The number of amides is 2. The van der Waals surface area contributed by atoms with Crippen molar-refractivity contribution in [2.24, 2.45) is 0 Å². The van der Waals surface area contributed by atoms with E-state index in [2.05, 4.69) is 17.6 Å². The Balaban J connectivity index is 2.39. The lowest BCUT2D eigenvalue weighted by molar-refractivity contribution is -0.304. The number of hydrogen-bond donors (Lipinski definition) is 2. The minimum Gasteiger partial charge on any atom is -0.548 e. The number of nitrogens with one attached hydrogen (secondary N) is 2. The number of ether oxygens (including phenoxy) is 1. The van der Waals surface area contributed by atoms with Crippen LogP contribution in [0.5, 0.6) is 5.75 Å². The molecule has 0 atom stereocenters. The van der Waals surface area contributed by atoms with Gasteiger partial charge in [0.05, 0.1) is 25.7 Å². The molecule has 0 aliphatic rings. The first-order valence-electron chi connectivity index (χ1n) is 7.00. The predicted molar refractivity (Wildman–Crippen MR) is 77.2 cm³/mol. The number of rotatable bonds is 9. The number of aliphatic carboxylic acids is 1. The largest absolute Gasteiger partial charge is 0.548 e. The highest BCUT2D eigenvalue weighted by Gasteiger charge is 2.08. The van der Waals surface area contributed by atoms with Gasteiger partial charge in [0.2, 0.25) is 5.91 Å². The Kier molecular flexibility index (Phi) is 7.45. The number of carboxylic acid groups (broad SMARTS) is 1. The molecule has 120 valence electrons. The summed E-state index contributed by atoms with van der Waals surface area (Å²) in [5, 5.41) is 14.6. The lowest BCUT2D eigenvalue weighted by Crippen LogP contribution is -2.42. The molecule has 1 rings (SSSR count). The van der Waals surface area contributed by atoms with Crippen molar-refractivity contribution in [1.82, 2.24) is 10.6 Å². The third kappa shape index (κ3) is 6.74. The summed E-state index contributed by atoms with van der Waals surface area (Å²) in [5.74, 6) is -1.74. The van der Waals surface area contributed by atoms with Gasteiger partial charge in [-0.25, -0.2) is 0 Å². The molecule has 0 aliphatic carbocycles. The maximum atomic E-state index is 11.8. The van der Waals surface area contributed by atoms with Crippen LogP contribution in [0.1, 0.15) is 30.1 Å². The standard InChI is InChI=1S/C15H20N2O5/c1-2-3-8-22-12-6-4-11(5-7-12)15(21)17-9-13(18)16-10-14(19)20/h4-7H,2-3,8-10H2,1H3,(H,16,18)(H,17,21)(H,19,20)/p-1. The molecule has 0 saturated heterocycles. The first kappa shape index (κ1) is 17.5. The van der Waals surface area contributed by atoms with Crippen LogP contribution in [0.4, 0.5) is 0 Å². The van der Waals surface area contributed by atoms with Crippen LogP contribution in [0.25, 0.3) is 0 Å². The van der Waals surface area contributed by atoms with Gasteiger partial charge in [-0.2, -0.15) is 0 Å². The van der Waals surface area contributed by atoms with Gasteiger partial charge >= 0.3 is 0 Å². The fraction of sp³-hybridized carbons (Fsp3) is 0.400. The van der Waals surface area contributed by atoms with Crippen molar-refractivity contribution in [3.63, 3.8) is 0 Å². The van der Waals surface area contributed by atoms with Gasteiger partial charge in [0, 0.05) is 5.56 Å². The Morgan fingerprint density at radius 2 is 1.77 bits per heavy atom. The summed E-state index contributed by atoms with van der Waals surface area (Å²) in [6.07, 6.45) is 2.00. The number of carboxylic acids is 1. The number of benzene rings is 1. The summed E-state index contributed by atoms with van der Waals surface area (Å²) < 4.78 is 5.48. The minimum absolute atomic E-state index is 0.305. The van der Waals surface area contributed by atoms with Gasteiger partial charge in [0.15, 0.2) is 0 Å². The van der Waals surface area contributed by atoms with Crippen LogP contribution in [-0.4, -0.2) is 37.5 Å². The molecule has 0 saturated carbocycles. The van der Waals surface area contributed by atoms with E-state index < -0.39 is 24.3 Å². The third-order valence-electron chi connectivity index (χ3n) is 2.72. The highest BCUT2D eigenvalue weighted by molar-refractivity contribution is 5.96. The van der Waals surface area contributed by atoms with Gasteiger partial charge < -0.3 is 25.3 Å². The van der Waals surface area contributed by atoms with Crippen molar-refractivity contribution in [2.75, 3.05) is 19.7 Å². The molecule has 2 amide bonds. The fourth-order valence-electron chi connectivity index (χ4n) is 1.53. The van der Waals surface area contributed by atoms with E-state index in [-0.39, 0.29) is 6.54 Å². The molecule has 0 bridgehead atoms. The summed E-state index contributed by atoms with van der Waals surface area (Å²) >= 11 is 0. The van der Waals surface area contributed by atoms with Gasteiger partial charge in [0.1, 0.15) is 5.75 Å². The maximum Gasteiger partial charge on any atom is 0.251 e. The first-order chi connectivity index (χ1) is 10.5. The van der Waals surface area contributed by atoms with E-state index in [1.54, 1.807) is 24.3 Å². The number of carbonyl (C=O) groups excluding carboxylic acids is 3. The lowest BCUT2D eigenvalue weighted by Gasteiger charge is -2.08. The van der Waals surface area contributed by atoms with Gasteiger partial charge in [-0.15, -0.1) is 0 Å². The molecule has 0 fully saturated rings. The Hall–Kier alpha value is -2.57. The second-order valence-electron chi connectivity index (χ2n) is 4.56. The van der Waals surface area contributed by atoms with Gasteiger partial charge in [-0.05, 0) is 30.7 Å². The highest BCUT2D eigenvalue weighted by Crippen LogP contribution is 2.12. The van der Waals surface area contributed by atoms with E-state index in [9.17, 15) is 19.5 Å². The van der Waals surface area contributed by atoms with E-state index in [1.807, 2.05) is 0 Å². The zero-order valence-corrected chi connectivity index (χ0v) is 12.4. The van der Waals surface area contributed by atoms with Crippen LogP contribution in [0, 0.1) is 0 Å². The van der Waals surface area contributed by atoms with Crippen molar-refractivity contribution in [3.8, 4) is 5.75 Å². The molecular formula is C15H19N2O5-. The monoisotopic (exact) mass is 307 g/mol. The van der Waals surface area contributed by atoms with E-state index in [0.29, 0.717) is 17.9 Å². The number of hydrogen-bond acceptors (Lipinski definition) is 5. The molecule has 0 heterocycles. The zero-order chi connectivity index (χ0) is 16.4. The van der Waals surface area contributed by atoms with Crippen LogP contribution in [-0.2, 0) is 9.59 Å². The van der Waals surface area contributed by atoms with E-state index in [4.69, 9.17) is 4.74 Å². The van der Waals surface area contributed by atoms with E-state index >= 15 is 0 Å². The molecule has 1 aromatic carbocycles. The average Bonchev–Trinajstić information content (AvgIpc) is 2.51. The Morgan fingerprint density at radius 1 is 1.09 bits per heavy atom. The maximum absolute atomic E-state index is 11.8. The minimum atomic E-state index is -1.39.